The molecule has 1 N–H and O–H groups in total. The third-order valence-electron chi connectivity index (χ3n) is 3.27. The quantitative estimate of drug-likeness (QED) is 0.739. The molecule has 0 saturated heterocycles. The molecule has 1 heterocycles. The van der Waals surface area contributed by atoms with Crippen LogP contribution in [0.2, 0.25) is 0 Å². The number of benzene rings is 1. The van der Waals surface area contributed by atoms with Crippen LogP contribution in [0.4, 0.5) is 0 Å². The molecule has 19 heavy (non-hydrogen) atoms. The zero-order valence-corrected chi connectivity index (χ0v) is 12.8. The average Bonchev–Trinajstić information content (AvgIpc) is 2.46. The van der Waals surface area contributed by atoms with Crippen molar-refractivity contribution in [3.63, 3.8) is 0 Å². The van der Waals surface area contributed by atoms with E-state index in [0.29, 0.717) is 6.04 Å². The number of aryl methyl sites for hydroxylation is 1. The van der Waals surface area contributed by atoms with Gasteiger partial charge >= 0.3 is 0 Å². The third-order valence-corrected chi connectivity index (χ3v) is 3.27. The molecule has 1 atom stereocenters. The van der Waals surface area contributed by atoms with Crippen LogP contribution < -0.4 is 21.5 Å². The molecule has 0 aliphatic rings. The number of nitrogens with zero attached hydrogens (tertiary/aromatic N) is 1. The highest BCUT2D eigenvalue weighted by atomic mass is 79.9. The monoisotopic (exact) mass is 321 g/mol. The smallest absolute Gasteiger partial charge is 0.180 e. The zero-order chi connectivity index (χ0) is 12.8. The first-order valence-electron chi connectivity index (χ1n) is 6.47. The van der Waals surface area contributed by atoms with Crippen molar-refractivity contribution in [1.82, 2.24) is 0 Å². The molecule has 0 spiro atoms. The lowest BCUT2D eigenvalue weighted by Gasteiger charge is -2.07. The van der Waals surface area contributed by atoms with Crippen molar-refractivity contribution < 1.29 is 26.7 Å². The molecule has 3 heteroatoms. The minimum Gasteiger partial charge on any atom is -1.00 e. The Morgan fingerprint density at radius 2 is 1.68 bits per heavy atom. The van der Waals surface area contributed by atoms with Gasteiger partial charge in [-0.2, -0.15) is 4.57 Å². The zero-order valence-electron chi connectivity index (χ0n) is 11.2. The summed E-state index contributed by atoms with van der Waals surface area (Å²) in [6.07, 6.45) is 6.00. The van der Waals surface area contributed by atoms with Gasteiger partial charge in [-0.25, -0.2) is 0 Å². The summed E-state index contributed by atoms with van der Waals surface area (Å²) in [7, 11) is 0. The molecular weight excluding hydrogens is 302 g/mol. The van der Waals surface area contributed by atoms with Crippen molar-refractivity contribution in [2.24, 2.45) is 0 Å². The van der Waals surface area contributed by atoms with E-state index < -0.39 is 0 Å². The van der Waals surface area contributed by atoms with Gasteiger partial charge in [0.2, 0.25) is 0 Å². The maximum absolute atomic E-state index is 8.81. The first kappa shape index (κ1) is 15.9. The van der Waals surface area contributed by atoms with E-state index in [-0.39, 0.29) is 23.6 Å². The lowest BCUT2D eigenvalue weighted by molar-refractivity contribution is -0.710. The normalized spacial score (nSPS) is 11.7. The average molecular weight is 322 g/mol. The number of aliphatic hydroxyl groups excluding tert-OH is 1. The largest absolute Gasteiger partial charge is 1.00 e. The second-order valence-corrected chi connectivity index (χ2v) is 4.57. The lowest BCUT2D eigenvalue weighted by atomic mass is 10.1. The Morgan fingerprint density at radius 3 is 2.26 bits per heavy atom. The maximum Gasteiger partial charge on any atom is 0.180 e. The van der Waals surface area contributed by atoms with Crippen LogP contribution in [0.5, 0.6) is 0 Å². The molecule has 0 bridgehead atoms. The predicted molar refractivity (Wildman–Crippen MR) is 72.3 cm³/mol. The van der Waals surface area contributed by atoms with Crippen molar-refractivity contribution in [3.8, 4) is 0 Å². The second kappa shape index (κ2) is 8.08. The van der Waals surface area contributed by atoms with E-state index in [2.05, 4.69) is 60.3 Å². The minimum atomic E-state index is 0. The van der Waals surface area contributed by atoms with Gasteiger partial charge in [0.25, 0.3) is 0 Å². The number of aromatic nitrogens is 1. The Labute approximate surface area is 125 Å². The fourth-order valence-corrected chi connectivity index (χ4v) is 2.08. The molecule has 102 valence electrons. The topological polar surface area (TPSA) is 24.1 Å². The Morgan fingerprint density at radius 1 is 1.05 bits per heavy atom. The summed E-state index contributed by atoms with van der Waals surface area (Å²) >= 11 is 0. The summed E-state index contributed by atoms with van der Waals surface area (Å²) < 4.78 is 2.21. The number of aliphatic hydroxyl groups is 1. The number of pyridine rings is 1. The highest BCUT2D eigenvalue weighted by Gasteiger charge is 2.13. The van der Waals surface area contributed by atoms with Crippen molar-refractivity contribution in [1.29, 1.82) is 0 Å². The van der Waals surface area contributed by atoms with Crippen molar-refractivity contribution in [2.75, 3.05) is 6.61 Å². The highest BCUT2D eigenvalue weighted by Crippen LogP contribution is 2.11. The summed E-state index contributed by atoms with van der Waals surface area (Å²) in [6.45, 7) is 2.46. The van der Waals surface area contributed by atoms with E-state index in [1.54, 1.807) is 0 Å². The van der Waals surface area contributed by atoms with E-state index in [1.807, 2.05) is 6.07 Å². The first-order chi connectivity index (χ1) is 8.81. The van der Waals surface area contributed by atoms with E-state index in [0.717, 1.165) is 12.8 Å². The molecule has 0 aliphatic carbocycles. The molecule has 2 aromatic rings. The summed E-state index contributed by atoms with van der Waals surface area (Å²) in [6, 6.07) is 15.1. The van der Waals surface area contributed by atoms with Gasteiger partial charge in [0.1, 0.15) is 0 Å². The highest BCUT2D eigenvalue weighted by molar-refractivity contribution is 5.16. The second-order valence-electron chi connectivity index (χ2n) is 4.57. The van der Waals surface area contributed by atoms with Gasteiger partial charge in [-0.1, -0.05) is 30.3 Å². The molecule has 0 fully saturated rings. The summed E-state index contributed by atoms with van der Waals surface area (Å²) in [5.41, 5.74) is 2.59. The maximum atomic E-state index is 8.81. The molecule has 0 radical (unpaired) electrons. The molecule has 2 nitrogen and oxygen atoms in total. The Balaban J connectivity index is 0.00000180. The fraction of sp³-hybridized carbons (Fsp3) is 0.312. The van der Waals surface area contributed by atoms with Crippen molar-refractivity contribution in [2.45, 2.75) is 25.8 Å². The van der Waals surface area contributed by atoms with Gasteiger partial charge in [0.05, 0.1) is 0 Å². The molecule has 0 amide bonds. The summed E-state index contributed by atoms with van der Waals surface area (Å²) in [5.74, 6) is 0. The van der Waals surface area contributed by atoms with Crippen LogP contribution in [0.1, 0.15) is 30.5 Å². The van der Waals surface area contributed by atoms with Crippen LogP contribution in [-0.2, 0) is 6.42 Å². The van der Waals surface area contributed by atoms with E-state index in [9.17, 15) is 0 Å². The van der Waals surface area contributed by atoms with Crippen molar-refractivity contribution in [3.05, 3.63) is 66.0 Å². The van der Waals surface area contributed by atoms with E-state index in [4.69, 9.17) is 5.11 Å². The third kappa shape index (κ3) is 4.44. The van der Waals surface area contributed by atoms with Gasteiger partial charge in [-0.15, -0.1) is 0 Å². The molecule has 0 saturated carbocycles. The van der Waals surface area contributed by atoms with E-state index in [1.165, 1.54) is 11.1 Å². The van der Waals surface area contributed by atoms with Crippen LogP contribution in [-0.4, -0.2) is 11.7 Å². The van der Waals surface area contributed by atoms with Crippen LogP contribution in [0.15, 0.2) is 54.9 Å². The fourth-order valence-electron chi connectivity index (χ4n) is 2.08. The van der Waals surface area contributed by atoms with Crippen molar-refractivity contribution >= 4 is 0 Å². The first-order valence-corrected chi connectivity index (χ1v) is 6.47. The minimum absolute atomic E-state index is 0. The molecule has 1 unspecified atom stereocenters. The standard InChI is InChI=1S/C16H20NO.BrH/c1-14(16-7-3-2-4-8-16)17-11-9-15(10-12-17)6-5-13-18;/h2-4,7-12,14,18H,5-6,13H2,1H3;1H/q+1;/p-1. The van der Waals surface area contributed by atoms with Gasteiger partial charge in [0.15, 0.2) is 18.4 Å². The molecule has 1 aromatic carbocycles. The summed E-state index contributed by atoms with van der Waals surface area (Å²) in [5, 5.41) is 8.81. The number of halogens is 1. The van der Waals surface area contributed by atoms with Crippen LogP contribution in [0, 0.1) is 0 Å². The molecule has 2 rings (SSSR count). The van der Waals surface area contributed by atoms with Gasteiger partial charge in [0, 0.05) is 31.2 Å². The Kier molecular flexibility index (Phi) is 6.74. The molecule has 0 aliphatic heterocycles. The molecular formula is C16H20BrNO. The Bertz CT molecular complexity index is 470. The van der Waals surface area contributed by atoms with E-state index >= 15 is 0 Å². The van der Waals surface area contributed by atoms with Crippen LogP contribution in [0.25, 0.3) is 0 Å². The SMILES string of the molecule is CC(c1ccccc1)[n+]1ccc(CCCO)cc1.[Br-]. The molecule has 1 aromatic heterocycles. The van der Waals surface area contributed by atoms with Gasteiger partial charge in [-0.05, 0) is 18.4 Å². The van der Waals surface area contributed by atoms with Gasteiger partial charge in [-0.3, -0.25) is 0 Å². The van der Waals surface area contributed by atoms with Crippen LogP contribution in [0.3, 0.4) is 0 Å². The summed E-state index contributed by atoms with van der Waals surface area (Å²) in [4.78, 5) is 0. The van der Waals surface area contributed by atoms with Gasteiger partial charge < -0.3 is 22.1 Å². The number of hydrogen-bond acceptors (Lipinski definition) is 1. The van der Waals surface area contributed by atoms with Crippen LogP contribution >= 0.6 is 0 Å². The lowest BCUT2D eigenvalue weighted by Crippen LogP contribution is -3.00. The number of hydrogen-bond donors (Lipinski definition) is 1. The predicted octanol–water partition coefficient (Wildman–Crippen LogP) is -0.488. The number of rotatable bonds is 5. The Hall–Kier alpha value is -1.19.